The van der Waals surface area contributed by atoms with Crippen molar-refractivity contribution in [2.24, 2.45) is 16.8 Å². The van der Waals surface area contributed by atoms with Crippen molar-refractivity contribution >= 4 is 40.3 Å². The fourth-order valence-electron chi connectivity index (χ4n) is 3.27. The first kappa shape index (κ1) is 18.1. The van der Waals surface area contributed by atoms with Gasteiger partial charge in [-0.1, -0.05) is 13.0 Å². The fourth-order valence-corrected chi connectivity index (χ4v) is 3.45. The maximum Gasteiger partial charge on any atom is 0.293 e. The van der Waals surface area contributed by atoms with Crippen LogP contribution in [-0.2, 0) is 4.79 Å². The summed E-state index contributed by atoms with van der Waals surface area (Å²) in [6.45, 7) is 4.34. The van der Waals surface area contributed by atoms with E-state index in [1.807, 2.05) is 22.8 Å². The van der Waals surface area contributed by atoms with Crippen LogP contribution in [-0.4, -0.2) is 52.7 Å². The highest BCUT2D eigenvalue weighted by molar-refractivity contribution is 7.80. The average Bonchev–Trinajstić information content (AvgIpc) is 2.61. The van der Waals surface area contributed by atoms with Crippen molar-refractivity contribution in [3.8, 4) is 0 Å². The van der Waals surface area contributed by atoms with E-state index in [9.17, 15) is 14.9 Å². The molecule has 10 heteroatoms. The second kappa shape index (κ2) is 7.24. The van der Waals surface area contributed by atoms with E-state index in [4.69, 9.17) is 18.0 Å². The lowest BCUT2D eigenvalue weighted by molar-refractivity contribution is -0.384. The van der Waals surface area contributed by atoms with Crippen molar-refractivity contribution in [2.45, 2.75) is 13.3 Å². The fraction of sp³-hybridized carbons (Fsp3) is 0.438. The van der Waals surface area contributed by atoms with Crippen molar-refractivity contribution in [3.05, 3.63) is 33.9 Å². The topological polar surface area (TPSA) is 117 Å². The number of nitro groups is 1. The predicted molar refractivity (Wildman–Crippen MR) is 102 cm³/mol. The van der Waals surface area contributed by atoms with Crippen LogP contribution >= 0.6 is 12.2 Å². The quantitative estimate of drug-likeness (QED) is 0.456. The van der Waals surface area contributed by atoms with Crippen LogP contribution in [0.2, 0.25) is 0 Å². The summed E-state index contributed by atoms with van der Waals surface area (Å²) in [7, 11) is 0. The van der Waals surface area contributed by atoms with Crippen molar-refractivity contribution < 1.29 is 9.72 Å². The molecule has 1 saturated heterocycles. The maximum absolute atomic E-state index is 11.6. The Labute approximate surface area is 156 Å². The first-order chi connectivity index (χ1) is 12.4. The summed E-state index contributed by atoms with van der Waals surface area (Å²) in [5, 5.41) is 16.1. The predicted octanol–water partition coefficient (Wildman–Crippen LogP) is 0.821. The number of benzene rings is 1. The Morgan fingerprint density at radius 2 is 2.08 bits per heavy atom. The largest absolute Gasteiger partial charge is 0.376 e. The number of hydrogen-bond donors (Lipinski definition) is 2. The maximum atomic E-state index is 11.6. The normalized spacial score (nSPS) is 20.4. The van der Waals surface area contributed by atoms with Crippen LogP contribution in [0, 0.1) is 16.0 Å². The third kappa shape index (κ3) is 3.59. The van der Waals surface area contributed by atoms with Gasteiger partial charge in [0.2, 0.25) is 5.91 Å². The molecule has 2 aliphatic rings. The number of amides is 1. The second-order valence-electron chi connectivity index (χ2n) is 6.41. The minimum absolute atomic E-state index is 0.0260. The third-order valence-corrected chi connectivity index (χ3v) is 4.92. The summed E-state index contributed by atoms with van der Waals surface area (Å²) in [6.07, 6.45) is 0.315. The van der Waals surface area contributed by atoms with Gasteiger partial charge < -0.3 is 15.5 Å². The molecule has 26 heavy (non-hydrogen) atoms. The lowest BCUT2D eigenvalue weighted by Crippen LogP contribution is -2.50. The monoisotopic (exact) mass is 376 g/mol. The van der Waals surface area contributed by atoms with Crippen LogP contribution in [0.3, 0.4) is 0 Å². The summed E-state index contributed by atoms with van der Waals surface area (Å²) in [5.41, 5.74) is 9.97. The number of nitrogens with two attached hydrogens (primary N) is 1. The average molecular weight is 376 g/mol. The van der Waals surface area contributed by atoms with Crippen LogP contribution in [0.1, 0.15) is 18.9 Å². The van der Waals surface area contributed by atoms with Gasteiger partial charge in [-0.3, -0.25) is 14.9 Å². The van der Waals surface area contributed by atoms with E-state index in [1.165, 1.54) is 6.07 Å². The van der Waals surface area contributed by atoms with Gasteiger partial charge in [0.25, 0.3) is 5.69 Å². The van der Waals surface area contributed by atoms with Crippen molar-refractivity contribution in [2.75, 3.05) is 31.1 Å². The van der Waals surface area contributed by atoms with E-state index < -0.39 is 0 Å². The lowest BCUT2D eigenvalue weighted by atomic mass is 9.93. The molecule has 2 heterocycles. The van der Waals surface area contributed by atoms with Crippen molar-refractivity contribution in [1.82, 2.24) is 10.3 Å². The van der Waals surface area contributed by atoms with E-state index in [2.05, 4.69) is 10.5 Å². The lowest BCUT2D eigenvalue weighted by Gasteiger charge is -2.36. The summed E-state index contributed by atoms with van der Waals surface area (Å²) < 4.78 is 0. The van der Waals surface area contributed by atoms with Crippen LogP contribution in [0.15, 0.2) is 23.3 Å². The molecule has 1 unspecified atom stereocenters. The number of anilines is 1. The number of nitrogens with zero attached hydrogens (tertiary/aromatic N) is 4. The molecule has 1 atom stereocenters. The van der Waals surface area contributed by atoms with Crippen molar-refractivity contribution in [3.63, 3.8) is 0 Å². The number of thiocarbonyl (C=S) groups is 1. The van der Waals surface area contributed by atoms with E-state index in [-0.39, 0.29) is 22.4 Å². The minimum atomic E-state index is -0.384. The van der Waals surface area contributed by atoms with E-state index in [0.29, 0.717) is 54.7 Å². The van der Waals surface area contributed by atoms with Gasteiger partial charge in [-0.05, 0) is 18.3 Å². The first-order valence-electron chi connectivity index (χ1n) is 8.31. The Bertz CT molecular complexity index is 788. The van der Waals surface area contributed by atoms with Crippen LogP contribution < -0.4 is 16.1 Å². The zero-order chi connectivity index (χ0) is 18.8. The number of piperazine rings is 1. The Kier molecular flexibility index (Phi) is 5.03. The molecule has 3 rings (SSSR count). The summed E-state index contributed by atoms with van der Waals surface area (Å²) in [4.78, 5) is 26.5. The Balaban J connectivity index is 1.88. The van der Waals surface area contributed by atoms with Crippen LogP contribution in [0.25, 0.3) is 0 Å². The number of carbonyl (C=O) groups is 1. The van der Waals surface area contributed by atoms with Crippen LogP contribution in [0.5, 0.6) is 0 Å². The number of hydrazone groups is 1. The van der Waals surface area contributed by atoms with Crippen LogP contribution in [0.4, 0.5) is 11.4 Å². The summed E-state index contributed by atoms with van der Waals surface area (Å²) >= 11 is 4.98. The molecular weight excluding hydrogens is 356 g/mol. The molecule has 9 nitrogen and oxygen atoms in total. The molecular formula is C16H20N6O3S. The second-order valence-corrected chi connectivity index (χ2v) is 6.83. The number of carbonyl (C=O) groups excluding carboxylic acids is 1. The molecule has 0 aliphatic carbocycles. The highest BCUT2D eigenvalue weighted by Crippen LogP contribution is 2.31. The number of hydrogen-bond acceptors (Lipinski definition) is 6. The molecule has 2 aliphatic heterocycles. The molecule has 1 aromatic rings. The number of nitro benzene ring substituents is 1. The van der Waals surface area contributed by atoms with E-state index >= 15 is 0 Å². The van der Waals surface area contributed by atoms with E-state index in [1.54, 1.807) is 6.07 Å². The highest BCUT2D eigenvalue weighted by atomic mass is 32.1. The molecule has 138 valence electrons. The Hall–Kier alpha value is -2.75. The van der Waals surface area contributed by atoms with Gasteiger partial charge in [-0.2, -0.15) is 5.10 Å². The number of rotatable bonds is 3. The zero-order valence-electron chi connectivity index (χ0n) is 14.3. The molecule has 1 aromatic carbocycles. The van der Waals surface area contributed by atoms with E-state index in [0.717, 1.165) is 0 Å². The van der Waals surface area contributed by atoms with Gasteiger partial charge in [-0.15, -0.1) is 0 Å². The molecule has 3 N–H and O–H groups in total. The first-order valence-corrected chi connectivity index (χ1v) is 8.72. The minimum Gasteiger partial charge on any atom is -0.376 e. The molecule has 0 aromatic heterocycles. The summed E-state index contributed by atoms with van der Waals surface area (Å²) in [5.74, 6) is -0.244. The highest BCUT2D eigenvalue weighted by Gasteiger charge is 2.27. The van der Waals surface area contributed by atoms with Gasteiger partial charge in [-0.25, -0.2) is 5.43 Å². The molecule has 0 radical (unpaired) electrons. The van der Waals surface area contributed by atoms with Gasteiger partial charge in [0, 0.05) is 50.1 Å². The Morgan fingerprint density at radius 3 is 2.65 bits per heavy atom. The molecule has 0 spiro atoms. The SMILES string of the molecule is CC1CC(=O)NN=C1c1ccc(N2CCN(C(N)=S)CC2)c([N+](=O)[O-])c1. The standard InChI is InChI=1S/C16H20N6O3S/c1-10-8-14(23)18-19-15(10)11-2-3-12(13(9-11)22(24)25)20-4-6-21(7-5-20)16(17)26/h2-3,9-10H,4-8H2,1H3,(H2,17,26)(H,18,23). The molecule has 0 bridgehead atoms. The van der Waals surface area contributed by atoms with Gasteiger partial charge in [0.15, 0.2) is 5.11 Å². The van der Waals surface area contributed by atoms with Gasteiger partial charge in [0.1, 0.15) is 5.69 Å². The molecule has 1 fully saturated rings. The van der Waals surface area contributed by atoms with Crippen molar-refractivity contribution in [1.29, 1.82) is 0 Å². The zero-order valence-corrected chi connectivity index (χ0v) is 15.2. The Morgan fingerprint density at radius 1 is 1.38 bits per heavy atom. The summed E-state index contributed by atoms with van der Waals surface area (Å²) in [6, 6.07) is 5.09. The smallest absolute Gasteiger partial charge is 0.293 e. The molecule has 1 amide bonds. The van der Waals surface area contributed by atoms with Gasteiger partial charge >= 0.3 is 0 Å². The number of nitrogens with one attached hydrogen (secondary N) is 1. The van der Waals surface area contributed by atoms with Gasteiger partial charge in [0.05, 0.1) is 10.6 Å². The molecule has 0 saturated carbocycles. The third-order valence-electron chi connectivity index (χ3n) is 4.66.